The van der Waals surface area contributed by atoms with Crippen molar-refractivity contribution in [2.45, 2.75) is 26.3 Å². The number of benzene rings is 1. The fourth-order valence-electron chi connectivity index (χ4n) is 3.27. The standard InChI is InChI=1S/C20H25N3O3.ClH/c1-14-8-16(11-21)9-19(22-14)26-18-6-2-5-17(10-18)20(25)23-7-3-4-15(12-23)13-24;/h2,5-6,8-10,15,24H,3-4,7,11-13,21H2,1H3;1H/t15-;/m0./s1. The van der Waals surface area contributed by atoms with Gasteiger partial charge in [-0.05, 0) is 55.5 Å². The van der Waals surface area contributed by atoms with Crippen molar-refractivity contribution < 1.29 is 14.6 Å². The van der Waals surface area contributed by atoms with Crippen LogP contribution < -0.4 is 10.5 Å². The Bertz CT molecular complexity index is 785. The summed E-state index contributed by atoms with van der Waals surface area (Å²) in [5.74, 6) is 1.16. The number of nitrogens with zero attached hydrogens (tertiary/aromatic N) is 2. The normalized spacial score (nSPS) is 16.6. The number of hydrogen-bond donors (Lipinski definition) is 2. The molecule has 1 aliphatic rings. The Balaban J connectivity index is 0.00000261. The largest absolute Gasteiger partial charge is 0.439 e. The summed E-state index contributed by atoms with van der Waals surface area (Å²) in [6.45, 7) is 3.74. The third kappa shape index (κ3) is 5.42. The number of carbonyl (C=O) groups excluding carboxylic acids is 1. The van der Waals surface area contributed by atoms with Crippen LogP contribution >= 0.6 is 12.4 Å². The fourth-order valence-corrected chi connectivity index (χ4v) is 3.27. The molecule has 2 heterocycles. The van der Waals surface area contributed by atoms with Crippen LogP contribution in [0.25, 0.3) is 0 Å². The van der Waals surface area contributed by atoms with E-state index in [0.29, 0.717) is 30.3 Å². The molecule has 0 aliphatic carbocycles. The number of aliphatic hydroxyl groups excluding tert-OH is 1. The van der Waals surface area contributed by atoms with Gasteiger partial charge < -0.3 is 20.5 Å². The van der Waals surface area contributed by atoms with Gasteiger partial charge in [0, 0.05) is 43.6 Å². The first-order valence-electron chi connectivity index (χ1n) is 8.94. The van der Waals surface area contributed by atoms with E-state index < -0.39 is 0 Å². The number of carbonyl (C=O) groups is 1. The molecular formula is C20H26ClN3O3. The molecule has 0 spiro atoms. The predicted molar refractivity (Wildman–Crippen MR) is 106 cm³/mol. The summed E-state index contributed by atoms with van der Waals surface area (Å²) in [6.07, 6.45) is 1.88. The van der Waals surface area contributed by atoms with Crippen LogP contribution in [-0.2, 0) is 6.54 Å². The van der Waals surface area contributed by atoms with Crippen LogP contribution in [0.3, 0.4) is 0 Å². The molecule has 27 heavy (non-hydrogen) atoms. The average molecular weight is 392 g/mol. The van der Waals surface area contributed by atoms with E-state index in [9.17, 15) is 9.90 Å². The Hall–Kier alpha value is -2.15. The van der Waals surface area contributed by atoms with E-state index in [0.717, 1.165) is 30.6 Å². The number of aliphatic hydroxyl groups is 1. The minimum atomic E-state index is -0.0338. The van der Waals surface area contributed by atoms with Gasteiger partial charge in [0.05, 0.1) is 0 Å². The van der Waals surface area contributed by atoms with E-state index >= 15 is 0 Å². The van der Waals surface area contributed by atoms with E-state index in [2.05, 4.69) is 4.98 Å². The van der Waals surface area contributed by atoms with E-state index in [-0.39, 0.29) is 30.8 Å². The summed E-state index contributed by atoms with van der Waals surface area (Å²) in [5.41, 5.74) is 8.05. The van der Waals surface area contributed by atoms with Crippen molar-refractivity contribution in [3.05, 3.63) is 53.2 Å². The Morgan fingerprint density at radius 1 is 1.37 bits per heavy atom. The lowest BCUT2D eigenvalue weighted by Crippen LogP contribution is -2.40. The topological polar surface area (TPSA) is 88.7 Å². The van der Waals surface area contributed by atoms with Crippen molar-refractivity contribution in [1.29, 1.82) is 0 Å². The summed E-state index contributed by atoms with van der Waals surface area (Å²) in [6, 6.07) is 10.8. The van der Waals surface area contributed by atoms with Gasteiger partial charge in [-0.15, -0.1) is 12.4 Å². The van der Waals surface area contributed by atoms with Gasteiger partial charge in [0.25, 0.3) is 5.91 Å². The zero-order chi connectivity index (χ0) is 18.5. The van der Waals surface area contributed by atoms with Crippen LogP contribution in [0.4, 0.5) is 0 Å². The first-order chi connectivity index (χ1) is 12.6. The van der Waals surface area contributed by atoms with Gasteiger partial charge in [-0.25, -0.2) is 4.98 Å². The molecule has 0 saturated carbocycles. The third-order valence-corrected chi connectivity index (χ3v) is 4.59. The van der Waals surface area contributed by atoms with Crippen LogP contribution in [0.15, 0.2) is 36.4 Å². The molecule has 1 amide bonds. The highest BCUT2D eigenvalue weighted by Gasteiger charge is 2.24. The molecule has 3 N–H and O–H groups in total. The number of pyridine rings is 1. The highest BCUT2D eigenvalue weighted by atomic mass is 35.5. The lowest BCUT2D eigenvalue weighted by atomic mass is 9.98. The van der Waals surface area contributed by atoms with Crippen LogP contribution in [0.2, 0.25) is 0 Å². The number of nitrogens with two attached hydrogens (primary N) is 1. The SMILES string of the molecule is Cc1cc(CN)cc(Oc2cccc(C(=O)N3CCC[C@H](CO)C3)c2)n1.Cl. The zero-order valence-electron chi connectivity index (χ0n) is 15.4. The maximum Gasteiger partial charge on any atom is 0.253 e. The predicted octanol–water partition coefficient (Wildman–Crippen LogP) is 2.91. The molecule has 6 nitrogen and oxygen atoms in total. The van der Waals surface area contributed by atoms with E-state index in [1.54, 1.807) is 35.2 Å². The number of piperidine rings is 1. The van der Waals surface area contributed by atoms with Gasteiger partial charge in [0.15, 0.2) is 0 Å². The van der Waals surface area contributed by atoms with Gasteiger partial charge in [-0.2, -0.15) is 0 Å². The molecule has 3 rings (SSSR count). The molecule has 1 saturated heterocycles. The number of ether oxygens (including phenoxy) is 1. The zero-order valence-corrected chi connectivity index (χ0v) is 16.2. The number of halogens is 1. The quantitative estimate of drug-likeness (QED) is 0.818. The maximum absolute atomic E-state index is 12.8. The van der Waals surface area contributed by atoms with Crippen LogP contribution in [0.5, 0.6) is 11.6 Å². The number of rotatable bonds is 5. The smallest absolute Gasteiger partial charge is 0.253 e. The van der Waals surface area contributed by atoms with Crippen molar-refractivity contribution in [3.63, 3.8) is 0 Å². The van der Waals surface area contributed by atoms with Gasteiger partial charge >= 0.3 is 0 Å². The molecule has 0 radical (unpaired) electrons. The summed E-state index contributed by atoms with van der Waals surface area (Å²) >= 11 is 0. The Labute approximate surface area is 165 Å². The first kappa shape index (κ1) is 21.2. The molecule has 7 heteroatoms. The van der Waals surface area contributed by atoms with Crippen LogP contribution in [0, 0.1) is 12.8 Å². The van der Waals surface area contributed by atoms with Gasteiger partial charge in [-0.3, -0.25) is 4.79 Å². The highest BCUT2D eigenvalue weighted by molar-refractivity contribution is 5.94. The molecule has 146 valence electrons. The molecule has 1 fully saturated rings. The first-order valence-corrected chi connectivity index (χ1v) is 8.94. The second-order valence-corrected chi connectivity index (χ2v) is 6.73. The molecule has 2 aromatic rings. The molecule has 1 aliphatic heterocycles. The minimum Gasteiger partial charge on any atom is -0.439 e. The second-order valence-electron chi connectivity index (χ2n) is 6.73. The Morgan fingerprint density at radius 3 is 2.93 bits per heavy atom. The minimum absolute atomic E-state index is 0. The van der Waals surface area contributed by atoms with Gasteiger partial charge in [-0.1, -0.05) is 6.07 Å². The number of amides is 1. The highest BCUT2D eigenvalue weighted by Crippen LogP contribution is 2.24. The van der Waals surface area contributed by atoms with E-state index in [1.807, 2.05) is 13.0 Å². The van der Waals surface area contributed by atoms with E-state index in [1.165, 1.54) is 0 Å². The van der Waals surface area contributed by atoms with Crippen molar-refractivity contribution in [2.24, 2.45) is 11.7 Å². The van der Waals surface area contributed by atoms with Crippen LogP contribution in [0.1, 0.15) is 34.5 Å². The lowest BCUT2D eigenvalue weighted by Gasteiger charge is -2.32. The number of hydrogen-bond acceptors (Lipinski definition) is 5. The van der Waals surface area contributed by atoms with Crippen molar-refractivity contribution >= 4 is 18.3 Å². The van der Waals surface area contributed by atoms with E-state index in [4.69, 9.17) is 10.5 Å². The molecule has 1 aromatic carbocycles. The van der Waals surface area contributed by atoms with Gasteiger partial charge in [0.1, 0.15) is 5.75 Å². The molecule has 0 unspecified atom stereocenters. The summed E-state index contributed by atoms with van der Waals surface area (Å²) in [4.78, 5) is 18.9. The molecular weight excluding hydrogens is 366 g/mol. The average Bonchev–Trinajstić information content (AvgIpc) is 2.67. The summed E-state index contributed by atoms with van der Waals surface area (Å²) < 4.78 is 5.84. The van der Waals surface area contributed by atoms with Crippen LogP contribution in [-0.4, -0.2) is 40.6 Å². The number of aryl methyl sites for hydroxylation is 1. The molecule has 0 bridgehead atoms. The number of aromatic nitrogens is 1. The molecule has 1 atom stereocenters. The number of likely N-dealkylation sites (tertiary alicyclic amines) is 1. The second kappa shape index (κ2) is 9.69. The fraction of sp³-hybridized carbons (Fsp3) is 0.400. The van der Waals surface area contributed by atoms with Crippen molar-refractivity contribution in [2.75, 3.05) is 19.7 Å². The Kier molecular flexibility index (Phi) is 7.59. The Morgan fingerprint density at radius 2 is 2.19 bits per heavy atom. The van der Waals surface area contributed by atoms with Gasteiger partial charge in [0.2, 0.25) is 5.88 Å². The van der Waals surface area contributed by atoms with Crippen molar-refractivity contribution in [3.8, 4) is 11.6 Å². The van der Waals surface area contributed by atoms with Crippen molar-refractivity contribution in [1.82, 2.24) is 9.88 Å². The summed E-state index contributed by atoms with van der Waals surface area (Å²) in [5, 5.41) is 9.36. The lowest BCUT2D eigenvalue weighted by molar-refractivity contribution is 0.0620. The summed E-state index contributed by atoms with van der Waals surface area (Å²) in [7, 11) is 0. The molecule has 1 aromatic heterocycles. The third-order valence-electron chi connectivity index (χ3n) is 4.59. The maximum atomic E-state index is 12.8. The monoisotopic (exact) mass is 391 g/mol.